The van der Waals surface area contributed by atoms with Crippen molar-refractivity contribution in [3.63, 3.8) is 0 Å². The highest BCUT2D eigenvalue weighted by molar-refractivity contribution is 4.86. The number of hydrogen-bond acceptors (Lipinski definition) is 2. The van der Waals surface area contributed by atoms with E-state index < -0.39 is 0 Å². The molecule has 2 nitrogen and oxygen atoms in total. The number of hydrogen-bond donors (Lipinski definition) is 1. The van der Waals surface area contributed by atoms with Gasteiger partial charge < -0.3 is 10.1 Å². The Balaban J connectivity index is 1.88. The lowest BCUT2D eigenvalue weighted by molar-refractivity contribution is 0.0591. The summed E-state index contributed by atoms with van der Waals surface area (Å²) in [6.07, 6.45) is 8.09. The first-order valence-corrected chi connectivity index (χ1v) is 4.58. The van der Waals surface area contributed by atoms with Gasteiger partial charge in [0.25, 0.3) is 0 Å². The van der Waals surface area contributed by atoms with Crippen molar-refractivity contribution < 1.29 is 4.74 Å². The zero-order valence-corrected chi connectivity index (χ0v) is 7.68. The summed E-state index contributed by atoms with van der Waals surface area (Å²) in [4.78, 5) is 0. The van der Waals surface area contributed by atoms with E-state index in [4.69, 9.17) is 11.2 Å². The lowest BCUT2D eigenvalue weighted by Gasteiger charge is -2.12. The molecule has 0 bridgehead atoms. The second-order valence-electron chi connectivity index (χ2n) is 3.42. The van der Waals surface area contributed by atoms with Crippen molar-refractivity contribution in [3.05, 3.63) is 0 Å². The molecule has 1 fully saturated rings. The van der Waals surface area contributed by atoms with Gasteiger partial charge in [-0.05, 0) is 25.7 Å². The van der Waals surface area contributed by atoms with Crippen LogP contribution in [0.4, 0.5) is 0 Å². The molecule has 0 aromatic heterocycles. The summed E-state index contributed by atoms with van der Waals surface area (Å²) >= 11 is 0. The van der Waals surface area contributed by atoms with E-state index in [9.17, 15) is 0 Å². The average Bonchev–Trinajstić information content (AvgIpc) is 2.84. The van der Waals surface area contributed by atoms with Gasteiger partial charge in [-0.15, -0.1) is 6.42 Å². The van der Waals surface area contributed by atoms with E-state index in [1.165, 1.54) is 12.8 Å². The lowest BCUT2D eigenvalue weighted by Crippen LogP contribution is -2.27. The van der Waals surface area contributed by atoms with Crippen molar-refractivity contribution in [3.8, 4) is 12.3 Å². The molecule has 0 radical (unpaired) electrons. The second-order valence-corrected chi connectivity index (χ2v) is 3.42. The van der Waals surface area contributed by atoms with Crippen LogP contribution in [0.3, 0.4) is 0 Å². The molecule has 0 aliphatic heterocycles. The Morgan fingerprint density at radius 3 is 3.00 bits per heavy atom. The topological polar surface area (TPSA) is 21.3 Å². The molecule has 2 heteroatoms. The molecule has 12 heavy (non-hydrogen) atoms. The Kier molecular flexibility index (Phi) is 4.13. The Bertz CT molecular complexity index is 158. The van der Waals surface area contributed by atoms with Crippen molar-refractivity contribution in [2.75, 3.05) is 19.7 Å². The first-order chi connectivity index (χ1) is 5.83. The molecule has 68 valence electrons. The summed E-state index contributed by atoms with van der Waals surface area (Å²) in [6, 6.07) is 0. The van der Waals surface area contributed by atoms with Gasteiger partial charge in [0.1, 0.15) is 0 Å². The van der Waals surface area contributed by atoms with E-state index >= 15 is 0 Å². The van der Waals surface area contributed by atoms with Crippen LogP contribution in [-0.2, 0) is 4.74 Å². The molecule has 0 aromatic carbocycles. The van der Waals surface area contributed by atoms with Crippen LogP contribution in [0.25, 0.3) is 0 Å². The summed E-state index contributed by atoms with van der Waals surface area (Å²) in [7, 11) is 0. The van der Waals surface area contributed by atoms with E-state index in [0.717, 1.165) is 19.1 Å². The molecule has 1 rings (SSSR count). The molecule has 0 amide bonds. The number of ether oxygens (including phenoxy) is 1. The molecule has 0 aromatic rings. The first-order valence-electron chi connectivity index (χ1n) is 4.58. The normalized spacial score (nSPS) is 18.7. The van der Waals surface area contributed by atoms with Gasteiger partial charge in [0.15, 0.2) is 0 Å². The Labute approximate surface area is 74.7 Å². The van der Waals surface area contributed by atoms with E-state index in [0.29, 0.717) is 12.6 Å². The maximum absolute atomic E-state index is 5.58. The van der Waals surface area contributed by atoms with Crippen molar-refractivity contribution in [2.45, 2.75) is 25.9 Å². The molecule has 1 atom stereocenters. The number of nitrogens with one attached hydrogen (secondary N) is 1. The molecular formula is C10H17NO. The molecule has 1 aliphatic carbocycles. The minimum atomic E-state index is 0.291. The van der Waals surface area contributed by atoms with Gasteiger partial charge in [-0.25, -0.2) is 0 Å². The highest BCUT2D eigenvalue weighted by atomic mass is 16.5. The number of rotatable bonds is 6. The standard InChI is InChI=1S/C10H17NO/c1-3-6-11-7-9(2)12-8-10-4-5-10/h1,9-11H,4-8H2,2H3. The summed E-state index contributed by atoms with van der Waals surface area (Å²) in [6.45, 7) is 4.50. The third-order valence-corrected chi connectivity index (χ3v) is 1.97. The van der Waals surface area contributed by atoms with Crippen LogP contribution in [0.1, 0.15) is 19.8 Å². The van der Waals surface area contributed by atoms with Gasteiger partial charge in [-0.2, -0.15) is 0 Å². The first kappa shape index (κ1) is 9.57. The lowest BCUT2D eigenvalue weighted by atomic mass is 10.4. The predicted molar refractivity (Wildman–Crippen MR) is 49.8 cm³/mol. The van der Waals surface area contributed by atoms with Gasteiger partial charge in [-0.3, -0.25) is 0 Å². The molecule has 1 saturated carbocycles. The minimum Gasteiger partial charge on any atom is -0.377 e. The SMILES string of the molecule is C#CCNCC(C)OCC1CC1. The van der Waals surface area contributed by atoms with Gasteiger partial charge in [0, 0.05) is 13.2 Å². The molecule has 0 saturated heterocycles. The van der Waals surface area contributed by atoms with Crippen molar-refractivity contribution in [2.24, 2.45) is 5.92 Å². The highest BCUT2D eigenvalue weighted by Gasteiger charge is 2.21. The van der Waals surface area contributed by atoms with Crippen LogP contribution in [-0.4, -0.2) is 25.8 Å². The minimum absolute atomic E-state index is 0.291. The van der Waals surface area contributed by atoms with Gasteiger partial charge in [0.05, 0.1) is 12.6 Å². The summed E-state index contributed by atoms with van der Waals surface area (Å²) < 4.78 is 5.58. The zero-order valence-electron chi connectivity index (χ0n) is 7.68. The predicted octanol–water partition coefficient (Wildman–Crippen LogP) is 1.02. The summed E-state index contributed by atoms with van der Waals surface area (Å²) in [5.41, 5.74) is 0. The Morgan fingerprint density at radius 1 is 1.67 bits per heavy atom. The largest absolute Gasteiger partial charge is 0.377 e. The molecule has 0 heterocycles. The van der Waals surface area contributed by atoms with Crippen molar-refractivity contribution >= 4 is 0 Å². The van der Waals surface area contributed by atoms with E-state index in [1.807, 2.05) is 0 Å². The maximum atomic E-state index is 5.58. The quantitative estimate of drug-likeness (QED) is 0.471. The van der Waals surface area contributed by atoms with Crippen molar-refractivity contribution in [1.82, 2.24) is 5.32 Å². The van der Waals surface area contributed by atoms with Crippen LogP contribution in [0, 0.1) is 18.3 Å². The molecule has 1 N–H and O–H groups in total. The van der Waals surface area contributed by atoms with E-state index in [1.54, 1.807) is 0 Å². The maximum Gasteiger partial charge on any atom is 0.0671 e. The fourth-order valence-electron chi connectivity index (χ4n) is 0.991. The van der Waals surface area contributed by atoms with Gasteiger partial charge >= 0.3 is 0 Å². The van der Waals surface area contributed by atoms with E-state index in [2.05, 4.69) is 18.2 Å². The molecule has 1 aliphatic rings. The fraction of sp³-hybridized carbons (Fsp3) is 0.800. The zero-order chi connectivity index (χ0) is 8.81. The second kappa shape index (κ2) is 5.18. The number of terminal acetylenes is 1. The molecular weight excluding hydrogens is 150 g/mol. The highest BCUT2D eigenvalue weighted by Crippen LogP contribution is 2.29. The third kappa shape index (κ3) is 4.38. The monoisotopic (exact) mass is 167 g/mol. The van der Waals surface area contributed by atoms with Crippen molar-refractivity contribution in [1.29, 1.82) is 0 Å². The molecule has 1 unspecified atom stereocenters. The van der Waals surface area contributed by atoms with Gasteiger partial charge in [0.2, 0.25) is 0 Å². The van der Waals surface area contributed by atoms with E-state index in [-0.39, 0.29) is 0 Å². The van der Waals surface area contributed by atoms with Crippen LogP contribution < -0.4 is 5.32 Å². The van der Waals surface area contributed by atoms with Crippen LogP contribution in [0.2, 0.25) is 0 Å². The Morgan fingerprint density at radius 2 is 2.42 bits per heavy atom. The summed E-state index contributed by atoms with van der Waals surface area (Å²) in [5.74, 6) is 3.38. The van der Waals surface area contributed by atoms with Gasteiger partial charge in [-0.1, -0.05) is 5.92 Å². The Hall–Kier alpha value is -0.520. The fourth-order valence-corrected chi connectivity index (χ4v) is 0.991. The van der Waals surface area contributed by atoms with Crippen LogP contribution in [0.5, 0.6) is 0 Å². The molecule has 0 spiro atoms. The summed E-state index contributed by atoms with van der Waals surface area (Å²) in [5, 5.41) is 3.12. The average molecular weight is 167 g/mol. The van der Waals surface area contributed by atoms with Crippen LogP contribution >= 0.6 is 0 Å². The van der Waals surface area contributed by atoms with Crippen LogP contribution in [0.15, 0.2) is 0 Å². The third-order valence-electron chi connectivity index (χ3n) is 1.97. The smallest absolute Gasteiger partial charge is 0.0671 e.